The summed E-state index contributed by atoms with van der Waals surface area (Å²) in [6.45, 7) is 6.90. The molecular formula is C24H33N7O5S. The van der Waals surface area contributed by atoms with Crippen molar-refractivity contribution in [1.29, 1.82) is 4.78 Å². The summed E-state index contributed by atoms with van der Waals surface area (Å²) < 4.78 is 23.2. The lowest BCUT2D eigenvalue weighted by atomic mass is 9.80. The molecule has 200 valence electrons. The lowest BCUT2D eigenvalue weighted by molar-refractivity contribution is -0.145. The van der Waals surface area contributed by atoms with Crippen LogP contribution in [-0.4, -0.2) is 64.7 Å². The molecule has 0 spiro atoms. The number of carbonyl (C=O) groups excluding carboxylic acids is 1. The van der Waals surface area contributed by atoms with Crippen LogP contribution in [0.1, 0.15) is 39.7 Å². The minimum Gasteiger partial charge on any atom is -0.481 e. The number of hydrogen-bond acceptors (Lipinski definition) is 8. The number of benzene rings is 1. The molecule has 0 aliphatic heterocycles. The van der Waals surface area contributed by atoms with Gasteiger partial charge in [0.05, 0.1) is 12.5 Å². The van der Waals surface area contributed by atoms with Gasteiger partial charge in [-0.1, -0.05) is 58.0 Å². The molecule has 0 saturated heterocycles. The highest BCUT2D eigenvalue weighted by Gasteiger charge is 2.35. The van der Waals surface area contributed by atoms with Crippen LogP contribution in [0.3, 0.4) is 0 Å². The molecule has 2 atom stereocenters. The number of carboxylic acids is 1. The van der Waals surface area contributed by atoms with Crippen molar-refractivity contribution in [1.82, 2.24) is 24.0 Å². The third kappa shape index (κ3) is 5.66. The van der Waals surface area contributed by atoms with Gasteiger partial charge in [0, 0.05) is 19.3 Å². The summed E-state index contributed by atoms with van der Waals surface area (Å²) in [7, 11) is -1.98. The van der Waals surface area contributed by atoms with Gasteiger partial charge in [-0.05, 0) is 17.4 Å². The first-order valence-electron chi connectivity index (χ1n) is 11.8. The zero-order valence-electron chi connectivity index (χ0n) is 21.6. The number of nitrogens with two attached hydrogens (primary N) is 1. The van der Waals surface area contributed by atoms with Crippen molar-refractivity contribution < 1.29 is 18.9 Å². The number of imidazole rings is 1. The van der Waals surface area contributed by atoms with Crippen molar-refractivity contribution in [2.24, 2.45) is 11.3 Å². The summed E-state index contributed by atoms with van der Waals surface area (Å²) in [6.07, 6.45) is 0.448. The summed E-state index contributed by atoms with van der Waals surface area (Å²) in [6, 6.07) is 8.19. The predicted octanol–water partition coefficient (Wildman–Crippen LogP) is 2.69. The maximum Gasteiger partial charge on any atom is 0.339 e. The van der Waals surface area contributed by atoms with Gasteiger partial charge in [-0.25, -0.2) is 28.1 Å². The first-order valence-corrected chi connectivity index (χ1v) is 13.5. The Labute approximate surface area is 215 Å². The quantitative estimate of drug-likeness (QED) is 0.371. The summed E-state index contributed by atoms with van der Waals surface area (Å²) in [5.74, 6) is -2.24. The average molecular weight is 532 g/mol. The second kappa shape index (κ2) is 10.3. The van der Waals surface area contributed by atoms with Crippen molar-refractivity contribution in [3.63, 3.8) is 0 Å². The first kappa shape index (κ1) is 27.8. The Balaban J connectivity index is 2.23. The third-order valence-electron chi connectivity index (χ3n) is 6.06. The molecule has 13 heteroatoms. The Morgan fingerprint density at radius 3 is 2.38 bits per heavy atom. The highest BCUT2D eigenvalue weighted by molar-refractivity contribution is 7.92. The number of nitrogens with one attached hydrogen (secondary N) is 1. The number of nitrogens with zero attached hydrogens (tertiary/aromatic N) is 5. The van der Waals surface area contributed by atoms with E-state index in [1.165, 1.54) is 11.6 Å². The molecule has 37 heavy (non-hydrogen) atoms. The molecule has 1 amide bonds. The van der Waals surface area contributed by atoms with Gasteiger partial charge in [0.25, 0.3) is 0 Å². The van der Waals surface area contributed by atoms with Crippen LogP contribution in [0.25, 0.3) is 11.2 Å². The van der Waals surface area contributed by atoms with E-state index in [-0.39, 0.29) is 41.0 Å². The van der Waals surface area contributed by atoms with E-state index in [2.05, 4.69) is 9.97 Å². The summed E-state index contributed by atoms with van der Waals surface area (Å²) in [5, 5.41) is 9.40. The van der Waals surface area contributed by atoms with E-state index in [1.54, 1.807) is 52.0 Å². The van der Waals surface area contributed by atoms with Crippen LogP contribution in [0.2, 0.25) is 0 Å². The molecule has 0 saturated carbocycles. The van der Waals surface area contributed by atoms with E-state index in [4.69, 9.17) is 10.5 Å². The van der Waals surface area contributed by atoms with E-state index in [9.17, 15) is 23.7 Å². The smallest absolute Gasteiger partial charge is 0.339 e. The van der Waals surface area contributed by atoms with Gasteiger partial charge in [-0.15, -0.1) is 0 Å². The molecule has 3 rings (SSSR count). The molecule has 0 radical (unpaired) electrons. The van der Waals surface area contributed by atoms with E-state index < -0.39 is 38.8 Å². The molecule has 0 fully saturated rings. The zero-order valence-corrected chi connectivity index (χ0v) is 22.4. The molecule has 1 aromatic carbocycles. The van der Waals surface area contributed by atoms with Crippen molar-refractivity contribution in [3.05, 3.63) is 46.4 Å². The summed E-state index contributed by atoms with van der Waals surface area (Å²) >= 11 is 0. The molecule has 12 nitrogen and oxygen atoms in total. The number of aliphatic carboxylic acids is 1. The van der Waals surface area contributed by atoms with Crippen LogP contribution in [-0.2, 0) is 21.1 Å². The number of amides is 1. The molecule has 3 aromatic rings. The molecule has 0 aliphatic rings. The Morgan fingerprint density at radius 1 is 1.22 bits per heavy atom. The highest BCUT2D eigenvalue weighted by Crippen LogP contribution is 2.27. The molecule has 2 aromatic heterocycles. The number of hydrogen-bond donors (Lipinski definition) is 3. The number of carboxylic acid groups (broad SMARTS) is 1. The van der Waals surface area contributed by atoms with Gasteiger partial charge in [-0.3, -0.25) is 9.36 Å². The zero-order chi connectivity index (χ0) is 27.7. The summed E-state index contributed by atoms with van der Waals surface area (Å²) in [5.41, 5.74) is 5.39. The van der Waals surface area contributed by atoms with Crippen molar-refractivity contribution in [2.45, 2.75) is 45.8 Å². The van der Waals surface area contributed by atoms with E-state index >= 15 is 0 Å². The van der Waals surface area contributed by atoms with Crippen LogP contribution in [0.15, 0.2) is 40.3 Å². The van der Waals surface area contributed by atoms with Crippen LogP contribution < -0.4 is 11.4 Å². The summed E-state index contributed by atoms with van der Waals surface area (Å²) in [4.78, 5) is 48.5. The lowest BCUT2D eigenvalue weighted by Gasteiger charge is -2.30. The SMILES string of the molecule is CCCS(=N)(=O)c1nc(N)c2c(n1)n(Cc1ccccc1)c(=O)n2C(=O)N(C)CC(C(=O)O)C(C)(C)C. The fraction of sp³-hybridized carbons (Fsp3) is 0.458. The Kier molecular flexibility index (Phi) is 7.77. The van der Waals surface area contributed by atoms with Crippen LogP contribution in [0.4, 0.5) is 10.6 Å². The van der Waals surface area contributed by atoms with Gasteiger partial charge in [0.15, 0.2) is 11.5 Å². The van der Waals surface area contributed by atoms with E-state index in [0.717, 1.165) is 15.0 Å². The van der Waals surface area contributed by atoms with Gasteiger partial charge in [-0.2, -0.15) is 4.98 Å². The largest absolute Gasteiger partial charge is 0.481 e. The minimum atomic E-state index is -3.38. The lowest BCUT2D eigenvalue weighted by Crippen LogP contribution is -2.44. The normalized spacial score (nSPS) is 14.3. The fourth-order valence-electron chi connectivity index (χ4n) is 4.01. The maximum absolute atomic E-state index is 13.6. The van der Waals surface area contributed by atoms with Crippen LogP contribution in [0, 0.1) is 16.1 Å². The number of fused-ring (bicyclic) bond motifs is 1. The topological polar surface area (TPSA) is 177 Å². The Morgan fingerprint density at radius 2 is 1.84 bits per heavy atom. The van der Waals surface area contributed by atoms with Crippen molar-refractivity contribution >= 4 is 38.7 Å². The van der Waals surface area contributed by atoms with Crippen LogP contribution in [0.5, 0.6) is 0 Å². The monoisotopic (exact) mass is 531 g/mol. The number of rotatable bonds is 8. The number of nitrogen functional groups attached to an aromatic ring is 1. The average Bonchev–Trinajstić information content (AvgIpc) is 3.08. The Hall–Kier alpha value is -3.74. The van der Waals surface area contributed by atoms with E-state index in [0.29, 0.717) is 6.42 Å². The fourth-order valence-corrected chi connectivity index (χ4v) is 5.24. The second-order valence-corrected chi connectivity index (χ2v) is 12.2. The number of anilines is 1. The molecule has 4 N–H and O–H groups in total. The third-order valence-corrected chi connectivity index (χ3v) is 7.82. The van der Waals surface area contributed by atoms with Gasteiger partial charge in [0.2, 0.25) is 5.16 Å². The number of carbonyl (C=O) groups is 2. The van der Waals surface area contributed by atoms with Gasteiger partial charge >= 0.3 is 17.7 Å². The predicted molar refractivity (Wildman–Crippen MR) is 140 cm³/mol. The van der Waals surface area contributed by atoms with Crippen molar-refractivity contribution in [2.75, 3.05) is 25.1 Å². The first-order chi connectivity index (χ1) is 17.2. The molecule has 0 aliphatic carbocycles. The maximum atomic E-state index is 13.6. The van der Waals surface area contributed by atoms with E-state index in [1.807, 2.05) is 6.07 Å². The van der Waals surface area contributed by atoms with Crippen molar-refractivity contribution in [3.8, 4) is 0 Å². The van der Waals surface area contributed by atoms with Crippen LogP contribution >= 0.6 is 0 Å². The highest BCUT2D eigenvalue weighted by atomic mass is 32.2. The minimum absolute atomic E-state index is 0.00657. The Bertz CT molecular complexity index is 1490. The molecule has 2 unspecified atom stereocenters. The van der Waals surface area contributed by atoms with Gasteiger partial charge < -0.3 is 15.7 Å². The number of aromatic nitrogens is 4. The standard InChI is InChI=1S/C24H33N7O5S/c1-6-12-37(26,36)21-27-18(25)17-19(28-21)30(13-15-10-8-7-9-11-15)23(35)31(17)22(34)29(5)14-16(20(32)33)24(2,3)4/h7-11,16,26H,6,12-14H2,1-5H3,(H,32,33)(H2,25,27,28). The molecular weight excluding hydrogens is 498 g/mol. The molecule has 2 heterocycles. The molecule has 0 bridgehead atoms. The second-order valence-electron chi connectivity index (χ2n) is 10.1. The van der Waals surface area contributed by atoms with Gasteiger partial charge in [0.1, 0.15) is 15.2 Å².